The molecule has 0 unspecified atom stereocenters. The molecule has 0 saturated carbocycles. The van der Waals surface area contributed by atoms with Crippen LogP contribution < -0.4 is 10.1 Å². The topological polar surface area (TPSA) is 76.2 Å². The maximum absolute atomic E-state index is 13.5. The average Bonchev–Trinajstić information content (AvgIpc) is 2.95. The Morgan fingerprint density at radius 1 is 1.39 bits per heavy atom. The summed E-state index contributed by atoms with van der Waals surface area (Å²) in [6, 6.07) is 4.65. The number of halogens is 2. The lowest BCUT2D eigenvalue weighted by molar-refractivity contribution is -0.127. The molecule has 2 N–H and O–H groups in total. The number of ether oxygens (including phenoxy) is 2. The number of benzene rings is 1. The third-order valence-corrected chi connectivity index (χ3v) is 3.00. The van der Waals surface area contributed by atoms with E-state index in [1.807, 2.05) is 0 Å². The molecule has 124 valence electrons. The highest BCUT2D eigenvalue weighted by atomic mass is 19.1. The number of nitrogens with zero attached hydrogens (tertiary/aromatic N) is 1. The van der Waals surface area contributed by atoms with Crippen molar-refractivity contribution in [2.45, 2.75) is 26.2 Å². The van der Waals surface area contributed by atoms with E-state index in [1.165, 1.54) is 6.92 Å². The zero-order valence-corrected chi connectivity index (χ0v) is 12.7. The van der Waals surface area contributed by atoms with E-state index >= 15 is 0 Å². The fourth-order valence-corrected chi connectivity index (χ4v) is 1.86. The van der Waals surface area contributed by atoms with Crippen molar-refractivity contribution in [2.75, 3.05) is 7.11 Å². The fraction of sp³-hybridized carbons (Fsp3) is 0.333. The zero-order valence-electron chi connectivity index (χ0n) is 12.7. The number of amides is 1. The predicted molar refractivity (Wildman–Crippen MR) is 77.6 cm³/mol. The first-order valence-electron chi connectivity index (χ1n) is 6.91. The van der Waals surface area contributed by atoms with Crippen LogP contribution in [0.5, 0.6) is 5.75 Å². The Balaban J connectivity index is 1.86. The van der Waals surface area contributed by atoms with Crippen molar-refractivity contribution >= 4 is 5.91 Å². The lowest BCUT2D eigenvalue weighted by Crippen LogP contribution is -2.36. The van der Waals surface area contributed by atoms with Crippen molar-refractivity contribution in [1.82, 2.24) is 15.5 Å². The van der Waals surface area contributed by atoms with Crippen LogP contribution in [0.2, 0.25) is 0 Å². The monoisotopic (exact) mass is 325 g/mol. The minimum Gasteiger partial charge on any atom is -0.478 e. The van der Waals surface area contributed by atoms with Crippen molar-refractivity contribution in [3.63, 3.8) is 0 Å². The van der Waals surface area contributed by atoms with Crippen LogP contribution in [0.15, 0.2) is 24.3 Å². The van der Waals surface area contributed by atoms with E-state index in [1.54, 1.807) is 13.2 Å². The second-order valence-corrected chi connectivity index (χ2v) is 4.87. The van der Waals surface area contributed by atoms with Crippen LogP contribution in [0.1, 0.15) is 18.3 Å². The normalized spacial score (nSPS) is 12.0. The zero-order chi connectivity index (χ0) is 16.8. The molecular formula is C15H17F2N3O3. The number of H-pyrrole nitrogens is 1. The number of methoxy groups -OCH3 is 1. The number of carbonyl (C=O) groups is 1. The number of carbonyl (C=O) groups excluding carboxylic acids is 1. The van der Waals surface area contributed by atoms with Gasteiger partial charge >= 0.3 is 0 Å². The molecule has 1 aromatic heterocycles. The van der Waals surface area contributed by atoms with Gasteiger partial charge in [0.1, 0.15) is 5.82 Å². The number of hydrogen-bond acceptors (Lipinski definition) is 4. The number of aromatic amines is 1. The van der Waals surface area contributed by atoms with Gasteiger partial charge in [-0.1, -0.05) is 0 Å². The number of hydrogen-bond donors (Lipinski definition) is 2. The van der Waals surface area contributed by atoms with E-state index in [2.05, 4.69) is 15.5 Å². The van der Waals surface area contributed by atoms with Crippen molar-refractivity contribution in [2.24, 2.45) is 0 Å². The molecule has 1 heterocycles. The second kappa shape index (κ2) is 7.68. The molecule has 0 bridgehead atoms. The number of rotatable bonds is 7. The Labute approximate surface area is 131 Å². The Morgan fingerprint density at radius 2 is 2.17 bits per heavy atom. The molecule has 0 spiro atoms. The molecule has 2 rings (SSSR count). The standard InChI is InChI=1S/C15H17F2N3O3/c1-9(23-14-4-3-10(16)5-13(14)17)15(21)18-7-11-6-12(8-22-2)20-19-11/h3-6,9H,7-8H2,1-2H3,(H,18,21)(H,19,20)/t9-/m1/s1. The van der Waals surface area contributed by atoms with Gasteiger partial charge in [0.25, 0.3) is 5.91 Å². The molecule has 0 radical (unpaired) electrons. The lowest BCUT2D eigenvalue weighted by atomic mass is 10.3. The van der Waals surface area contributed by atoms with Gasteiger partial charge in [-0.05, 0) is 25.1 Å². The fourth-order valence-electron chi connectivity index (χ4n) is 1.86. The average molecular weight is 325 g/mol. The van der Waals surface area contributed by atoms with Crippen LogP contribution in [0.4, 0.5) is 8.78 Å². The maximum Gasteiger partial charge on any atom is 0.261 e. The maximum atomic E-state index is 13.5. The number of aromatic nitrogens is 2. The van der Waals surface area contributed by atoms with Gasteiger partial charge in [0.2, 0.25) is 0 Å². The Hall–Kier alpha value is -2.48. The Bertz CT molecular complexity index is 676. The molecule has 1 atom stereocenters. The smallest absolute Gasteiger partial charge is 0.261 e. The van der Waals surface area contributed by atoms with E-state index < -0.39 is 23.6 Å². The first-order chi connectivity index (χ1) is 11.0. The van der Waals surface area contributed by atoms with Crippen molar-refractivity contribution in [3.8, 4) is 5.75 Å². The molecule has 0 aliphatic heterocycles. The molecule has 0 aliphatic rings. The SMILES string of the molecule is COCc1cc(CNC(=O)[C@@H](C)Oc2ccc(F)cc2F)[nH]n1. The molecule has 1 amide bonds. The minimum atomic E-state index is -0.934. The van der Waals surface area contributed by atoms with Crippen LogP contribution in [0, 0.1) is 11.6 Å². The molecular weight excluding hydrogens is 308 g/mol. The molecule has 8 heteroatoms. The van der Waals surface area contributed by atoms with E-state index in [9.17, 15) is 13.6 Å². The highest BCUT2D eigenvalue weighted by molar-refractivity contribution is 5.80. The van der Waals surface area contributed by atoms with Crippen LogP contribution in [-0.4, -0.2) is 29.3 Å². The Morgan fingerprint density at radius 3 is 2.87 bits per heavy atom. The van der Waals surface area contributed by atoms with E-state index in [4.69, 9.17) is 9.47 Å². The van der Waals surface area contributed by atoms with Gasteiger partial charge < -0.3 is 14.8 Å². The summed E-state index contributed by atoms with van der Waals surface area (Å²) >= 11 is 0. The van der Waals surface area contributed by atoms with Crippen LogP contribution in [0.25, 0.3) is 0 Å². The Kier molecular flexibility index (Phi) is 5.64. The van der Waals surface area contributed by atoms with Crippen molar-refractivity contribution in [1.29, 1.82) is 0 Å². The van der Waals surface area contributed by atoms with Crippen LogP contribution >= 0.6 is 0 Å². The summed E-state index contributed by atoms with van der Waals surface area (Å²) < 4.78 is 36.4. The number of nitrogens with one attached hydrogen (secondary N) is 2. The molecule has 23 heavy (non-hydrogen) atoms. The molecule has 2 aromatic rings. The predicted octanol–water partition coefficient (Wildman–Crippen LogP) is 1.92. The largest absolute Gasteiger partial charge is 0.478 e. The van der Waals surface area contributed by atoms with Gasteiger partial charge in [0.05, 0.1) is 24.5 Å². The summed E-state index contributed by atoms with van der Waals surface area (Å²) in [4.78, 5) is 11.9. The van der Waals surface area contributed by atoms with Gasteiger partial charge in [0, 0.05) is 13.2 Å². The van der Waals surface area contributed by atoms with Crippen molar-refractivity contribution in [3.05, 3.63) is 47.3 Å². The van der Waals surface area contributed by atoms with E-state index in [-0.39, 0.29) is 12.3 Å². The summed E-state index contributed by atoms with van der Waals surface area (Å²) in [5.41, 5.74) is 1.42. The summed E-state index contributed by atoms with van der Waals surface area (Å²) in [6.45, 7) is 2.06. The lowest BCUT2D eigenvalue weighted by Gasteiger charge is -2.14. The summed E-state index contributed by atoms with van der Waals surface area (Å²) in [7, 11) is 1.56. The van der Waals surface area contributed by atoms with E-state index in [0.29, 0.717) is 18.4 Å². The molecule has 6 nitrogen and oxygen atoms in total. The molecule has 0 fully saturated rings. The van der Waals surface area contributed by atoms with E-state index in [0.717, 1.165) is 17.8 Å². The summed E-state index contributed by atoms with van der Waals surface area (Å²) in [6.07, 6.45) is -0.934. The van der Waals surface area contributed by atoms with Crippen molar-refractivity contribution < 1.29 is 23.0 Å². The minimum absolute atomic E-state index is 0.182. The van der Waals surface area contributed by atoms with Crippen LogP contribution in [0.3, 0.4) is 0 Å². The molecule has 1 aromatic carbocycles. The van der Waals surface area contributed by atoms with Gasteiger partial charge in [-0.3, -0.25) is 9.89 Å². The highest BCUT2D eigenvalue weighted by Gasteiger charge is 2.17. The third kappa shape index (κ3) is 4.75. The highest BCUT2D eigenvalue weighted by Crippen LogP contribution is 2.19. The quantitative estimate of drug-likeness (QED) is 0.815. The van der Waals surface area contributed by atoms with Gasteiger partial charge in [-0.15, -0.1) is 0 Å². The first-order valence-corrected chi connectivity index (χ1v) is 6.91. The first kappa shape index (κ1) is 16.9. The molecule has 0 aliphatic carbocycles. The molecule has 0 saturated heterocycles. The summed E-state index contributed by atoms with van der Waals surface area (Å²) in [5.74, 6) is -2.19. The van der Waals surface area contributed by atoms with Crippen LogP contribution in [-0.2, 0) is 22.7 Å². The van der Waals surface area contributed by atoms with Gasteiger partial charge in [-0.25, -0.2) is 8.78 Å². The van der Waals surface area contributed by atoms with Gasteiger partial charge in [0.15, 0.2) is 17.7 Å². The summed E-state index contributed by atoms with van der Waals surface area (Å²) in [5, 5.41) is 9.39. The van der Waals surface area contributed by atoms with Gasteiger partial charge in [-0.2, -0.15) is 5.10 Å². The second-order valence-electron chi connectivity index (χ2n) is 4.87. The third-order valence-electron chi connectivity index (χ3n) is 3.00.